The number of amides is 1. The van der Waals surface area contributed by atoms with Crippen molar-refractivity contribution in [3.05, 3.63) is 96.1 Å². The predicted octanol–water partition coefficient (Wildman–Crippen LogP) is 6.00. The fourth-order valence-corrected chi connectivity index (χ4v) is 4.45. The van der Waals surface area contributed by atoms with E-state index < -0.39 is 5.54 Å². The van der Waals surface area contributed by atoms with Crippen molar-refractivity contribution in [1.29, 1.82) is 0 Å². The van der Waals surface area contributed by atoms with Gasteiger partial charge in [-0.2, -0.15) is 9.78 Å². The number of hydrogen-bond donors (Lipinski definition) is 1. The summed E-state index contributed by atoms with van der Waals surface area (Å²) in [6.07, 6.45) is 1.41. The number of para-hydroxylation sites is 1. The lowest BCUT2D eigenvalue weighted by Crippen LogP contribution is -2.45. The average molecular weight is 470 g/mol. The lowest BCUT2D eigenvalue weighted by Gasteiger charge is -2.34. The zero-order chi connectivity index (χ0) is 24.8. The van der Waals surface area contributed by atoms with Gasteiger partial charge in [0.1, 0.15) is 17.0 Å². The van der Waals surface area contributed by atoms with Gasteiger partial charge in [0.05, 0.1) is 25.4 Å². The van der Waals surface area contributed by atoms with Crippen LogP contribution in [-0.2, 0) is 5.54 Å². The summed E-state index contributed by atoms with van der Waals surface area (Å²) in [7, 11) is 3.21. The van der Waals surface area contributed by atoms with Crippen LogP contribution in [0.25, 0.3) is 16.9 Å². The van der Waals surface area contributed by atoms with Crippen LogP contribution in [0.2, 0.25) is 0 Å². The highest BCUT2D eigenvalue weighted by atomic mass is 16.5. The molecule has 6 heteroatoms. The lowest BCUT2D eigenvalue weighted by molar-refractivity contribution is 0.0886. The summed E-state index contributed by atoms with van der Waals surface area (Å²) in [5.41, 5.74) is 3.02. The van der Waals surface area contributed by atoms with Crippen molar-refractivity contribution in [2.45, 2.75) is 32.2 Å². The van der Waals surface area contributed by atoms with Gasteiger partial charge in [0.2, 0.25) is 5.88 Å². The minimum atomic E-state index is -0.584. The van der Waals surface area contributed by atoms with Crippen LogP contribution in [0.3, 0.4) is 0 Å². The van der Waals surface area contributed by atoms with Gasteiger partial charge in [-0.05, 0) is 42.7 Å². The van der Waals surface area contributed by atoms with E-state index >= 15 is 0 Å². The zero-order valence-electron chi connectivity index (χ0n) is 20.6. The molecule has 1 heterocycles. The van der Waals surface area contributed by atoms with E-state index in [1.54, 1.807) is 18.9 Å². The Kier molecular flexibility index (Phi) is 7.20. The Hall–Kier alpha value is -4.06. The highest BCUT2D eigenvalue weighted by Crippen LogP contribution is 2.36. The smallest absolute Gasteiger partial charge is 0.259 e. The van der Waals surface area contributed by atoms with Crippen LogP contribution in [0.5, 0.6) is 11.6 Å². The first-order chi connectivity index (χ1) is 17.1. The Morgan fingerprint density at radius 3 is 2.14 bits per heavy atom. The molecule has 4 aromatic rings. The minimum Gasteiger partial charge on any atom is -0.497 e. The molecule has 0 aliphatic rings. The number of benzene rings is 3. The number of methoxy groups -OCH3 is 2. The summed E-state index contributed by atoms with van der Waals surface area (Å²) < 4.78 is 12.9. The Bertz CT molecular complexity index is 1280. The summed E-state index contributed by atoms with van der Waals surface area (Å²) in [6.45, 7) is 4.15. The van der Waals surface area contributed by atoms with Gasteiger partial charge in [-0.25, -0.2) is 0 Å². The predicted molar refractivity (Wildman–Crippen MR) is 138 cm³/mol. The molecule has 1 amide bonds. The van der Waals surface area contributed by atoms with Crippen LogP contribution in [0.1, 0.15) is 42.6 Å². The van der Waals surface area contributed by atoms with Crippen molar-refractivity contribution < 1.29 is 14.3 Å². The van der Waals surface area contributed by atoms with Crippen LogP contribution >= 0.6 is 0 Å². The second-order valence-corrected chi connectivity index (χ2v) is 8.32. The molecule has 0 aliphatic heterocycles. The van der Waals surface area contributed by atoms with E-state index in [9.17, 15) is 4.79 Å². The quantitative estimate of drug-likeness (QED) is 0.326. The van der Waals surface area contributed by atoms with Crippen LogP contribution in [-0.4, -0.2) is 29.9 Å². The standard InChI is InChI=1S/C29H31N3O3/c1-5-29(6-2,22-16-13-19-24(20-22)34-3)30-27(33)25-26(21-14-9-7-10-15-21)31-32(28(25)35-4)23-17-11-8-12-18-23/h7-20H,5-6H2,1-4H3,(H,30,33). The molecule has 0 bridgehead atoms. The highest BCUT2D eigenvalue weighted by molar-refractivity contribution is 6.03. The molecule has 0 saturated heterocycles. The Morgan fingerprint density at radius 1 is 0.886 bits per heavy atom. The summed E-state index contributed by atoms with van der Waals surface area (Å²) in [6, 6.07) is 27.2. The number of ether oxygens (including phenoxy) is 2. The van der Waals surface area contributed by atoms with Gasteiger partial charge in [0.25, 0.3) is 5.91 Å². The van der Waals surface area contributed by atoms with E-state index in [1.807, 2.05) is 84.9 Å². The molecule has 3 aromatic carbocycles. The first-order valence-electron chi connectivity index (χ1n) is 11.8. The van der Waals surface area contributed by atoms with Gasteiger partial charge in [0.15, 0.2) is 0 Å². The van der Waals surface area contributed by atoms with Gasteiger partial charge in [-0.15, -0.1) is 0 Å². The van der Waals surface area contributed by atoms with E-state index in [0.29, 0.717) is 30.0 Å². The van der Waals surface area contributed by atoms with Gasteiger partial charge < -0.3 is 14.8 Å². The topological polar surface area (TPSA) is 65.4 Å². The molecular formula is C29H31N3O3. The third-order valence-corrected chi connectivity index (χ3v) is 6.49. The normalized spacial score (nSPS) is 11.2. The molecule has 35 heavy (non-hydrogen) atoms. The number of aromatic nitrogens is 2. The molecule has 1 aromatic heterocycles. The molecule has 180 valence electrons. The summed E-state index contributed by atoms with van der Waals surface area (Å²) in [4.78, 5) is 14.0. The first kappa shape index (κ1) is 24.1. The van der Waals surface area contributed by atoms with Gasteiger partial charge in [0, 0.05) is 5.56 Å². The number of hydrogen-bond acceptors (Lipinski definition) is 4. The van der Waals surface area contributed by atoms with Crippen LogP contribution in [0, 0.1) is 0 Å². The van der Waals surface area contributed by atoms with Crippen molar-refractivity contribution in [2.24, 2.45) is 0 Å². The second kappa shape index (κ2) is 10.5. The summed E-state index contributed by atoms with van der Waals surface area (Å²) >= 11 is 0. The van der Waals surface area contributed by atoms with Crippen molar-refractivity contribution in [3.63, 3.8) is 0 Å². The molecule has 0 unspecified atom stereocenters. The van der Waals surface area contributed by atoms with Crippen LogP contribution < -0.4 is 14.8 Å². The Morgan fingerprint density at radius 2 is 1.54 bits per heavy atom. The largest absolute Gasteiger partial charge is 0.497 e. The van der Waals surface area contributed by atoms with Gasteiger partial charge in [-0.3, -0.25) is 4.79 Å². The van der Waals surface area contributed by atoms with Crippen molar-refractivity contribution in [3.8, 4) is 28.6 Å². The first-order valence-corrected chi connectivity index (χ1v) is 11.8. The van der Waals surface area contributed by atoms with E-state index in [-0.39, 0.29) is 5.91 Å². The van der Waals surface area contributed by atoms with Crippen molar-refractivity contribution in [1.82, 2.24) is 15.1 Å². The van der Waals surface area contributed by atoms with Crippen LogP contribution in [0.15, 0.2) is 84.9 Å². The SMILES string of the molecule is CCC(CC)(NC(=O)c1c(-c2ccccc2)nn(-c2ccccc2)c1OC)c1cccc(OC)c1. The number of carbonyl (C=O) groups excluding carboxylic acids is 1. The molecule has 6 nitrogen and oxygen atoms in total. The van der Waals surface area contributed by atoms with E-state index in [0.717, 1.165) is 22.6 Å². The van der Waals surface area contributed by atoms with Crippen molar-refractivity contribution in [2.75, 3.05) is 14.2 Å². The lowest BCUT2D eigenvalue weighted by atomic mass is 9.84. The number of nitrogens with one attached hydrogen (secondary N) is 1. The molecule has 0 spiro atoms. The fourth-order valence-electron chi connectivity index (χ4n) is 4.45. The zero-order valence-corrected chi connectivity index (χ0v) is 20.6. The number of rotatable bonds is 9. The van der Waals surface area contributed by atoms with Crippen molar-refractivity contribution >= 4 is 5.91 Å². The summed E-state index contributed by atoms with van der Waals surface area (Å²) in [5, 5.41) is 8.17. The maximum Gasteiger partial charge on any atom is 0.259 e. The molecule has 0 atom stereocenters. The molecule has 4 rings (SSSR count). The third-order valence-electron chi connectivity index (χ3n) is 6.49. The Balaban J connectivity index is 1.86. The van der Waals surface area contributed by atoms with E-state index in [4.69, 9.17) is 14.6 Å². The molecular weight excluding hydrogens is 438 g/mol. The van der Waals surface area contributed by atoms with Crippen LogP contribution in [0.4, 0.5) is 0 Å². The molecule has 0 fully saturated rings. The fraction of sp³-hybridized carbons (Fsp3) is 0.241. The summed E-state index contributed by atoms with van der Waals surface area (Å²) in [5.74, 6) is 0.899. The van der Waals surface area contributed by atoms with Gasteiger partial charge >= 0.3 is 0 Å². The molecule has 0 aliphatic carbocycles. The van der Waals surface area contributed by atoms with Gasteiger partial charge in [-0.1, -0.05) is 74.5 Å². The van der Waals surface area contributed by atoms with E-state index in [1.165, 1.54) is 0 Å². The number of nitrogens with zero attached hydrogens (tertiary/aromatic N) is 2. The monoisotopic (exact) mass is 469 g/mol. The molecule has 0 saturated carbocycles. The highest BCUT2D eigenvalue weighted by Gasteiger charge is 2.35. The maximum atomic E-state index is 14.0. The van der Waals surface area contributed by atoms with E-state index in [2.05, 4.69) is 19.2 Å². The number of carbonyl (C=O) groups is 1. The molecule has 0 radical (unpaired) electrons. The second-order valence-electron chi connectivity index (χ2n) is 8.32. The molecule has 1 N–H and O–H groups in total. The minimum absolute atomic E-state index is 0.241. The third kappa shape index (κ3) is 4.64. The maximum absolute atomic E-state index is 14.0. The Labute approximate surface area is 206 Å². The average Bonchev–Trinajstić information content (AvgIpc) is 3.32.